The van der Waals surface area contributed by atoms with Gasteiger partial charge in [-0.15, -0.1) is 0 Å². The number of ether oxygens (including phenoxy) is 1. The van der Waals surface area contributed by atoms with Crippen molar-refractivity contribution in [1.29, 1.82) is 0 Å². The molecule has 0 radical (unpaired) electrons. The Morgan fingerprint density at radius 2 is 2.27 bits per heavy atom. The molecule has 0 aromatic carbocycles. The van der Waals surface area contributed by atoms with Crippen molar-refractivity contribution in [2.45, 2.75) is 20.3 Å². The van der Waals surface area contributed by atoms with E-state index in [0.29, 0.717) is 0 Å². The minimum Gasteiger partial charge on any atom is -0.382 e. The van der Waals surface area contributed by atoms with Crippen LogP contribution < -0.4 is 5.32 Å². The fraction of sp³-hybridized carbons (Fsp3) is 0.600. The van der Waals surface area contributed by atoms with E-state index in [0.717, 1.165) is 37.7 Å². The zero-order chi connectivity index (χ0) is 11.1. The van der Waals surface area contributed by atoms with Crippen molar-refractivity contribution in [2.24, 2.45) is 0 Å². The van der Waals surface area contributed by atoms with Crippen molar-refractivity contribution < 1.29 is 4.74 Å². The molecule has 0 aliphatic heterocycles. The molecule has 0 bridgehead atoms. The third-order valence-corrected chi connectivity index (χ3v) is 1.97. The molecule has 0 saturated heterocycles. The summed E-state index contributed by atoms with van der Waals surface area (Å²) >= 11 is 5.73. The van der Waals surface area contributed by atoms with Crippen LogP contribution in [0.3, 0.4) is 0 Å². The largest absolute Gasteiger partial charge is 0.382 e. The van der Waals surface area contributed by atoms with Crippen LogP contribution in [-0.4, -0.2) is 29.7 Å². The molecule has 1 aromatic rings. The molecule has 84 valence electrons. The van der Waals surface area contributed by atoms with Gasteiger partial charge in [0.1, 0.15) is 5.82 Å². The Bertz CT molecular complexity index is 286. The van der Waals surface area contributed by atoms with Gasteiger partial charge in [0.15, 0.2) is 0 Å². The van der Waals surface area contributed by atoms with Gasteiger partial charge in [-0.2, -0.15) is 0 Å². The molecule has 0 spiro atoms. The number of rotatable bonds is 6. The van der Waals surface area contributed by atoms with E-state index in [1.54, 1.807) is 0 Å². The molecule has 1 heterocycles. The first-order valence-corrected chi connectivity index (χ1v) is 5.43. The van der Waals surface area contributed by atoms with Crippen molar-refractivity contribution >= 4 is 17.4 Å². The summed E-state index contributed by atoms with van der Waals surface area (Å²) < 4.78 is 5.22. The predicted molar refractivity (Wildman–Crippen MR) is 61.4 cm³/mol. The number of hydrogen-bond donors (Lipinski definition) is 1. The molecule has 0 saturated carbocycles. The van der Waals surface area contributed by atoms with Crippen molar-refractivity contribution in [3.8, 4) is 0 Å². The Labute approximate surface area is 95.0 Å². The zero-order valence-corrected chi connectivity index (χ0v) is 9.84. The Kier molecular flexibility index (Phi) is 5.36. The summed E-state index contributed by atoms with van der Waals surface area (Å²) in [4.78, 5) is 8.04. The van der Waals surface area contributed by atoms with Crippen molar-refractivity contribution in [1.82, 2.24) is 9.97 Å². The van der Waals surface area contributed by atoms with Gasteiger partial charge in [-0.1, -0.05) is 0 Å². The maximum Gasteiger partial charge on any atom is 0.224 e. The van der Waals surface area contributed by atoms with Crippen LogP contribution in [0.5, 0.6) is 0 Å². The van der Waals surface area contributed by atoms with Crippen molar-refractivity contribution in [3.63, 3.8) is 0 Å². The minimum atomic E-state index is 0.280. The van der Waals surface area contributed by atoms with Gasteiger partial charge in [-0.3, -0.25) is 0 Å². The summed E-state index contributed by atoms with van der Waals surface area (Å²) in [5, 5.41) is 3.45. The second-order valence-corrected chi connectivity index (χ2v) is 3.48. The molecule has 0 amide bonds. The standard InChI is InChI=1S/C10H16ClN3O/c1-3-15-6-4-5-12-9-7-8(2)13-10(11)14-9/h7H,3-6H2,1-2H3,(H,12,13,14). The van der Waals surface area contributed by atoms with Crippen LogP contribution in [0.15, 0.2) is 6.07 Å². The number of hydrogen-bond acceptors (Lipinski definition) is 4. The Hall–Kier alpha value is -0.870. The first-order valence-electron chi connectivity index (χ1n) is 5.05. The molecule has 1 N–H and O–H groups in total. The highest BCUT2D eigenvalue weighted by molar-refractivity contribution is 6.28. The third-order valence-electron chi connectivity index (χ3n) is 1.80. The summed E-state index contributed by atoms with van der Waals surface area (Å²) in [6.45, 7) is 6.23. The van der Waals surface area contributed by atoms with Crippen LogP contribution in [-0.2, 0) is 4.74 Å². The predicted octanol–water partition coefficient (Wildman–Crippen LogP) is 2.28. The molecular weight excluding hydrogens is 214 g/mol. The highest BCUT2D eigenvalue weighted by Crippen LogP contribution is 2.09. The summed E-state index contributed by atoms with van der Waals surface area (Å²) in [7, 11) is 0. The lowest BCUT2D eigenvalue weighted by molar-refractivity contribution is 0.147. The van der Waals surface area contributed by atoms with Crippen LogP contribution in [0.2, 0.25) is 5.28 Å². The lowest BCUT2D eigenvalue weighted by atomic mass is 10.4. The van der Waals surface area contributed by atoms with E-state index < -0.39 is 0 Å². The quantitative estimate of drug-likeness (QED) is 0.601. The van der Waals surface area contributed by atoms with E-state index in [4.69, 9.17) is 16.3 Å². The van der Waals surface area contributed by atoms with E-state index in [-0.39, 0.29) is 5.28 Å². The summed E-state index contributed by atoms with van der Waals surface area (Å²) in [6.07, 6.45) is 0.953. The Morgan fingerprint density at radius 1 is 1.47 bits per heavy atom. The Balaban J connectivity index is 2.31. The summed E-state index contributed by atoms with van der Waals surface area (Å²) in [5.74, 6) is 0.768. The van der Waals surface area contributed by atoms with Gasteiger partial charge in [0.2, 0.25) is 5.28 Å². The highest BCUT2D eigenvalue weighted by Gasteiger charge is 1.98. The molecule has 4 nitrogen and oxygen atoms in total. The average Bonchev–Trinajstić information content (AvgIpc) is 2.16. The molecule has 15 heavy (non-hydrogen) atoms. The number of aryl methyl sites for hydroxylation is 1. The second kappa shape index (κ2) is 6.58. The molecule has 0 unspecified atom stereocenters. The van der Waals surface area contributed by atoms with Gasteiger partial charge in [0.25, 0.3) is 0 Å². The Morgan fingerprint density at radius 3 is 2.93 bits per heavy atom. The van der Waals surface area contributed by atoms with E-state index in [1.165, 1.54) is 0 Å². The van der Waals surface area contributed by atoms with E-state index in [1.807, 2.05) is 19.9 Å². The number of halogens is 1. The van der Waals surface area contributed by atoms with Gasteiger partial charge in [-0.05, 0) is 31.9 Å². The van der Waals surface area contributed by atoms with E-state index in [2.05, 4.69) is 15.3 Å². The smallest absolute Gasteiger partial charge is 0.224 e. The molecule has 1 rings (SSSR count). The fourth-order valence-electron chi connectivity index (χ4n) is 1.16. The lowest BCUT2D eigenvalue weighted by Gasteiger charge is -2.06. The van der Waals surface area contributed by atoms with E-state index in [9.17, 15) is 0 Å². The molecule has 5 heteroatoms. The number of nitrogens with one attached hydrogen (secondary N) is 1. The third kappa shape index (κ3) is 4.95. The molecule has 0 aliphatic carbocycles. The number of anilines is 1. The van der Waals surface area contributed by atoms with Gasteiger partial charge in [0.05, 0.1) is 0 Å². The van der Waals surface area contributed by atoms with Crippen LogP contribution in [0.25, 0.3) is 0 Å². The molecular formula is C10H16ClN3O. The maximum atomic E-state index is 5.73. The van der Waals surface area contributed by atoms with Crippen molar-refractivity contribution in [2.75, 3.05) is 25.1 Å². The minimum absolute atomic E-state index is 0.280. The van der Waals surface area contributed by atoms with Gasteiger partial charge in [-0.25, -0.2) is 9.97 Å². The highest BCUT2D eigenvalue weighted by atomic mass is 35.5. The second-order valence-electron chi connectivity index (χ2n) is 3.14. The van der Waals surface area contributed by atoms with Crippen LogP contribution in [0, 0.1) is 6.92 Å². The zero-order valence-electron chi connectivity index (χ0n) is 9.09. The number of aromatic nitrogens is 2. The van der Waals surface area contributed by atoms with Gasteiger partial charge < -0.3 is 10.1 Å². The molecule has 0 atom stereocenters. The van der Waals surface area contributed by atoms with Gasteiger partial charge >= 0.3 is 0 Å². The van der Waals surface area contributed by atoms with Crippen LogP contribution in [0.4, 0.5) is 5.82 Å². The summed E-state index contributed by atoms with van der Waals surface area (Å²) in [6, 6.07) is 1.87. The molecule has 0 aliphatic rings. The van der Waals surface area contributed by atoms with Crippen LogP contribution in [0.1, 0.15) is 19.0 Å². The fourth-order valence-corrected chi connectivity index (χ4v) is 1.38. The first kappa shape index (κ1) is 12.2. The molecule has 0 fully saturated rings. The van der Waals surface area contributed by atoms with Crippen molar-refractivity contribution in [3.05, 3.63) is 17.0 Å². The molecule has 1 aromatic heterocycles. The maximum absolute atomic E-state index is 5.73. The van der Waals surface area contributed by atoms with Gasteiger partial charge in [0, 0.05) is 31.5 Å². The van der Waals surface area contributed by atoms with E-state index >= 15 is 0 Å². The monoisotopic (exact) mass is 229 g/mol. The first-order chi connectivity index (χ1) is 7.22. The van der Waals surface area contributed by atoms with Crippen LogP contribution >= 0.6 is 11.6 Å². The SMILES string of the molecule is CCOCCCNc1cc(C)nc(Cl)n1. The average molecular weight is 230 g/mol. The lowest BCUT2D eigenvalue weighted by Crippen LogP contribution is -2.07. The topological polar surface area (TPSA) is 47.0 Å². The normalized spacial score (nSPS) is 10.3. The summed E-state index contributed by atoms with van der Waals surface area (Å²) in [5.41, 5.74) is 0.863. The number of nitrogens with zero attached hydrogens (tertiary/aromatic N) is 2.